The molecule has 4 rings (SSSR count). The molecule has 2 aliphatic carbocycles. The third kappa shape index (κ3) is 9.48. The summed E-state index contributed by atoms with van der Waals surface area (Å²) in [6.07, 6.45) is 13.4. The normalized spacial score (nSPS) is 15.7. The van der Waals surface area contributed by atoms with Crippen molar-refractivity contribution in [3.05, 3.63) is 108 Å². The SMILES string of the molecule is CC1=[C-]C(C)C(C)=C1C.[C-]1=CC=CC1.[Cl-].[Cl-].[Zr+2]=[Si](c1ccccc1)c1ccccc1. The van der Waals surface area contributed by atoms with Crippen molar-refractivity contribution >= 4 is 15.8 Å². The molecule has 0 saturated heterocycles. The van der Waals surface area contributed by atoms with Gasteiger partial charge in [-0.25, -0.2) is 17.7 Å². The quantitative estimate of drug-likeness (QED) is 0.359. The van der Waals surface area contributed by atoms with Crippen molar-refractivity contribution in [2.75, 3.05) is 0 Å². The molecule has 0 fully saturated rings. The van der Waals surface area contributed by atoms with Crippen LogP contribution in [0.3, 0.4) is 0 Å². The molecule has 1 atom stereocenters. The summed E-state index contributed by atoms with van der Waals surface area (Å²) in [5, 5.41) is 3.03. The van der Waals surface area contributed by atoms with E-state index >= 15 is 0 Å². The van der Waals surface area contributed by atoms with Crippen LogP contribution in [0.4, 0.5) is 0 Å². The van der Waals surface area contributed by atoms with Gasteiger partial charge >= 0.3 is 99.8 Å². The second kappa shape index (κ2) is 15.8. The average Bonchev–Trinajstić information content (AvgIpc) is 3.39. The van der Waals surface area contributed by atoms with Crippen LogP contribution < -0.4 is 35.2 Å². The van der Waals surface area contributed by atoms with Crippen LogP contribution in [0.5, 0.6) is 0 Å². The van der Waals surface area contributed by atoms with Crippen LogP contribution in [0.1, 0.15) is 34.1 Å². The number of allylic oxidation sites excluding steroid dienone is 8. The summed E-state index contributed by atoms with van der Waals surface area (Å²) in [5.74, 6) is 0.560. The van der Waals surface area contributed by atoms with Crippen LogP contribution in [0, 0.1) is 18.1 Å². The van der Waals surface area contributed by atoms with Crippen molar-refractivity contribution < 1.29 is 48.1 Å². The Morgan fingerprint density at radius 1 is 0.867 bits per heavy atom. The molecule has 1 unspecified atom stereocenters. The average molecular weight is 531 g/mol. The van der Waals surface area contributed by atoms with Gasteiger partial charge in [0.2, 0.25) is 0 Å². The van der Waals surface area contributed by atoms with Crippen molar-refractivity contribution in [3.8, 4) is 0 Å². The number of halogens is 2. The van der Waals surface area contributed by atoms with Gasteiger partial charge in [-0.1, -0.05) is 26.7 Å². The zero-order valence-corrected chi connectivity index (χ0v) is 23.0. The first-order valence-electron chi connectivity index (χ1n) is 9.69. The Balaban J connectivity index is 0.000000454. The zero-order valence-electron chi connectivity index (χ0n) is 18.0. The van der Waals surface area contributed by atoms with Gasteiger partial charge in [0.25, 0.3) is 0 Å². The van der Waals surface area contributed by atoms with Crippen LogP contribution in [0.15, 0.2) is 95.6 Å². The molecule has 0 bridgehead atoms. The van der Waals surface area contributed by atoms with Gasteiger partial charge < -0.3 is 24.8 Å². The third-order valence-corrected chi connectivity index (χ3v) is 11.0. The monoisotopic (exact) mass is 528 g/mol. The molecule has 0 heterocycles. The van der Waals surface area contributed by atoms with Crippen molar-refractivity contribution in [2.45, 2.75) is 34.1 Å². The molecule has 0 N–H and O–H groups in total. The molecule has 0 spiro atoms. The van der Waals surface area contributed by atoms with Gasteiger partial charge in [-0.3, -0.25) is 12.2 Å². The van der Waals surface area contributed by atoms with Crippen molar-refractivity contribution in [1.29, 1.82) is 0 Å². The van der Waals surface area contributed by atoms with E-state index in [2.05, 4.69) is 107 Å². The summed E-state index contributed by atoms with van der Waals surface area (Å²) >= 11 is 1.64. The first-order chi connectivity index (χ1) is 13.5. The molecule has 2 aliphatic rings. The Labute approximate surface area is 210 Å². The summed E-state index contributed by atoms with van der Waals surface area (Å²) in [5.41, 5.74) is 3.79. The summed E-state index contributed by atoms with van der Waals surface area (Å²) in [6.45, 7) is 8.67. The Hall–Kier alpha value is -0.920. The Kier molecular flexibility index (Phi) is 15.3. The maximum atomic E-state index is 3.36. The molecular weight excluding hydrogens is 503 g/mol. The van der Waals surface area contributed by atoms with Crippen LogP contribution in [-0.4, -0.2) is 5.43 Å². The van der Waals surface area contributed by atoms with Crippen molar-refractivity contribution in [3.63, 3.8) is 0 Å². The van der Waals surface area contributed by atoms with E-state index in [-0.39, 0.29) is 24.8 Å². The molecule has 0 amide bonds. The molecule has 0 radical (unpaired) electrons. The second-order valence-electron chi connectivity index (χ2n) is 6.91. The summed E-state index contributed by atoms with van der Waals surface area (Å²) in [6, 6.07) is 21.7. The van der Waals surface area contributed by atoms with Crippen molar-refractivity contribution in [1.82, 2.24) is 0 Å². The van der Waals surface area contributed by atoms with E-state index in [1.165, 1.54) is 27.1 Å². The minimum atomic E-state index is -0.455. The fourth-order valence-corrected chi connectivity index (χ4v) is 6.72. The number of rotatable bonds is 2. The predicted octanol–water partition coefficient (Wildman–Crippen LogP) is -0.625. The molecule has 156 valence electrons. The van der Waals surface area contributed by atoms with E-state index < -0.39 is 5.43 Å². The van der Waals surface area contributed by atoms with E-state index in [1.54, 1.807) is 23.3 Å². The number of benzene rings is 2. The Morgan fingerprint density at radius 2 is 1.37 bits per heavy atom. The van der Waals surface area contributed by atoms with Gasteiger partial charge in [0.1, 0.15) is 0 Å². The van der Waals surface area contributed by atoms with Crippen LogP contribution in [0.25, 0.3) is 0 Å². The molecule has 4 heteroatoms. The molecule has 0 aliphatic heterocycles. The fourth-order valence-electron chi connectivity index (χ4n) is 2.88. The predicted molar refractivity (Wildman–Crippen MR) is 119 cm³/mol. The van der Waals surface area contributed by atoms with Gasteiger partial charge in [0.15, 0.2) is 0 Å². The molecule has 2 aromatic rings. The molecule has 2 aromatic carbocycles. The first kappa shape index (κ1) is 29.1. The summed E-state index contributed by atoms with van der Waals surface area (Å²) in [7, 11) is 0. The Morgan fingerprint density at radius 3 is 1.60 bits per heavy atom. The maximum absolute atomic E-state index is 3.36. The fraction of sp³-hybridized carbons (Fsp3) is 0.231. The van der Waals surface area contributed by atoms with E-state index in [0.29, 0.717) is 5.92 Å². The van der Waals surface area contributed by atoms with Gasteiger partial charge in [-0.2, -0.15) is 17.2 Å². The first-order valence-corrected chi connectivity index (χ1v) is 14.9. The van der Waals surface area contributed by atoms with Crippen LogP contribution >= 0.6 is 0 Å². The van der Waals surface area contributed by atoms with Gasteiger partial charge in [0, 0.05) is 0 Å². The van der Waals surface area contributed by atoms with Gasteiger partial charge in [-0.15, -0.1) is 13.3 Å². The minimum absolute atomic E-state index is 0. The zero-order chi connectivity index (χ0) is 20.4. The van der Waals surface area contributed by atoms with Crippen molar-refractivity contribution in [2.24, 2.45) is 5.92 Å². The molecule has 0 nitrogen and oxygen atoms in total. The topological polar surface area (TPSA) is 0 Å². The summed E-state index contributed by atoms with van der Waals surface area (Å²) in [4.78, 5) is 0. The Bertz CT molecular complexity index is 846. The van der Waals surface area contributed by atoms with Gasteiger partial charge in [0.05, 0.1) is 0 Å². The van der Waals surface area contributed by atoms with Crippen LogP contribution in [0.2, 0.25) is 0 Å². The second-order valence-corrected chi connectivity index (χ2v) is 12.5. The van der Waals surface area contributed by atoms with E-state index in [4.69, 9.17) is 0 Å². The van der Waals surface area contributed by atoms with Gasteiger partial charge in [-0.05, 0) is 0 Å². The number of hydrogen-bond acceptors (Lipinski definition) is 0. The molecule has 0 aromatic heterocycles. The molecule has 30 heavy (non-hydrogen) atoms. The molecule has 0 saturated carbocycles. The number of hydrogen-bond donors (Lipinski definition) is 0. The third-order valence-electron chi connectivity index (χ3n) is 4.95. The van der Waals surface area contributed by atoms with E-state index in [1.807, 2.05) is 12.2 Å². The van der Waals surface area contributed by atoms with E-state index in [9.17, 15) is 0 Å². The molecular formula is C26H28Cl2SiZr-2. The van der Waals surface area contributed by atoms with E-state index in [0.717, 1.165) is 6.42 Å². The van der Waals surface area contributed by atoms with Crippen LogP contribution in [-0.2, 0) is 23.3 Å². The standard InChI is InChI=1S/C12H10Si.C9H13.C5H5.2ClH.Zr/c1-3-7-11(8-4-1)13-12-9-5-2-6-10-12;1-6-5-7(2)9(4)8(6)3;1-2-4-5-3-1;;;/h1-10H;6H,1-4H3;1-3H,4H2;2*1H;/q;2*-1;;;+2/p-2. The summed E-state index contributed by atoms with van der Waals surface area (Å²) < 4.78 is 0.